The Kier molecular flexibility index (Phi) is 1.77. The van der Waals surface area contributed by atoms with E-state index in [1.807, 2.05) is 0 Å². The molecule has 0 radical (unpaired) electrons. The van der Waals surface area contributed by atoms with Crippen molar-refractivity contribution in [3.8, 4) is 0 Å². The minimum atomic E-state index is -0.527. The highest BCUT2D eigenvalue weighted by atomic mass is 16.3. The molecule has 1 spiro atoms. The molecule has 3 heteroatoms. The number of rotatable bonds is 0. The second kappa shape index (κ2) is 2.71. The fourth-order valence-electron chi connectivity index (χ4n) is 4.35. The predicted octanol–water partition coefficient (Wildman–Crippen LogP) is 0.246. The summed E-state index contributed by atoms with van der Waals surface area (Å²) in [4.78, 5) is 0. The van der Waals surface area contributed by atoms with Crippen LogP contribution in [-0.2, 0) is 0 Å². The van der Waals surface area contributed by atoms with Gasteiger partial charge in [0.05, 0.1) is 12.2 Å². The van der Waals surface area contributed by atoms with Gasteiger partial charge in [-0.05, 0) is 49.4 Å². The maximum absolute atomic E-state index is 9.66. The van der Waals surface area contributed by atoms with Crippen molar-refractivity contribution in [2.24, 2.45) is 23.0 Å². The molecule has 0 aliphatic heterocycles. The van der Waals surface area contributed by atoms with E-state index in [0.29, 0.717) is 11.8 Å². The number of hydrogen-bond donors (Lipinski definition) is 3. The molecule has 3 aliphatic carbocycles. The molecule has 2 bridgehead atoms. The summed E-state index contributed by atoms with van der Waals surface area (Å²) < 4.78 is 0. The van der Waals surface area contributed by atoms with E-state index in [1.165, 1.54) is 19.3 Å². The lowest BCUT2D eigenvalue weighted by atomic mass is 9.69. The van der Waals surface area contributed by atoms with Crippen LogP contribution in [0, 0.1) is 17.3 Å². The van der Waals surface area contributed by atoms with Gasteiger partial charge in [0.25, 0.3) is 0 Å². The molecule has 4 unspecified atom stereocenters. The van der Waals surface area contributed by atoms with Gasteiger partial charge >= 0.3 is 0 Å². The summed E-state index contributed by atoms with van der Waals surface area (Å²) in [6.45, 7) is 0. The summed E-state index contributed by atoms with van der Waals surface area (Å²) in [6.07, 6.45) is 4.17. The van der Waals surface area contributed by atoms with Crippen molar-refractivity contribution in [2.75, 3.05) is 0 Å². The Morgan fingerprint density at radius 3 is 2.21 bits per heavy atom. The highest BCUT2D eigenvalue weighted by Gasteiger charge is 2.60. The molecular formula is C11H19NO2. The molecule has 3 fully saturated rings. The van der Waals surface area contributed by atoms with Crippen LogP contribution in [0.1, 0.15) is 32.1 Å². The molecule has 0 amide bonds. The van der Waals surface area contributed by atoms with Crippen LogP contribution in [0.2, 0.25) is 0 Å². The average Bonchev–Trinajstić information content (AvgIpc) is 2.76. The Bertz CT molecular complexity index is 242. The van der Waals surface area contributed by atoms with Gasteiger partial charge in [-0.15, -0.1) is 0 Å². The zero-order valence-electron chi connectivity index (χ0n) is 8.39. The van der Waals surface area contributed by atoms with Crippen LogP contribution in [0.25, 0.3) is 0 Å². The van der Waals surface area contributed by atoms with E-state index >= 15 is 0 Å². The largest absolute Gasteiger partial charge is 0.390 e. The SMILES string of the molecule is N[C@@H]1C2CCC(C2)C12CC(O)[C@@H](O)C2. The first-order valence-corrected chi connectivity index (χ1v) is 5.75. The first-order valence-electron chi connectivity index (χ1n) is 5.75. The molecule has 3 saturated carbocycles. The van der Waals surface area contributed by atoms with Gasteiger partial charge in [-0.25, -0.2) is 0 Å². The molecule has 80 valence electrons. The molecule has 4 N–H and O–H groups in total. The highest BCUT2D eigenvalue weighted by Crippen LogP contribution is 2.61. The van der Waals surface area contributed by atoms with Gasteiger partial charge in [-0.3, -0.25) is 0 Å². The van der Waals surface area contributed by atoms with Crippen molar-refractivity contribution in [2.45, 2.75) is 50.4 Å². The topological polar surface area (TPSA) is 66.5 Å². The van der Waals surface area contributed by atoms with Crippen LogP contribution in [-0.4, -0.2) is 28.5 Å². The maximum atomic E-state index is 9.66. The van der Waals surface area contributed by atoms with Gasteiger partial charge in [0.15, 0.2) is 0 Å². The molecule has 0 heterocycles. The first-order chi connectivity index (χ1) is 6.63. The predicted molar refractivity (Wildman–Crippen MR) is 52.5 cm³/mol. The maximum Gasteiger partial charge on any atom is 0.0805 e. The summed E-state index contributed by atoms with van der Waals surface area (Å²) >= 11 is 0. The molecule has 14 heavy (non-hydrogen) atoms. The van der Waals surface area contributed by atoms with E-state index < -0.39 is 12.2 Å². The molecule has 3 nitrogen and oxygen atoms in total. The zero-order chi connectivity index (χ0) is 9.92. The highest BCUT2D eigenvalue weighted by molar-refractivity contribution is 5.13. The van der Waals surface area contributed by atoms with Gasteiger partial charge in [0.2, 0.25) is 0 Å². The minimum Gasteiger partial charge on any atom is -0.390 e. The lowest BCUT2D eigenvalue weighted by Crippen LogP contribution is -2.45. The summed E-state index contributed by atoms with van der Waals surface area (Å²) in [5.74, 6) is 1.34. The molecule has 0 aromatic heterocycles. The van der Waals surface area contributed by atoms with Gasteiger partial charge in [-0.2, -0.15) is 0 Å². The van der Waals surface area contributed by atoms with Gasteiger partial charge in [0, 0.05) is 6.04 Å². The van der Waals surface area contributed by atoms with Gasteiger partial charge in [0.1, 0.15) is 0 Å². The van der Waals surface area contributed by atoms with E-state index in [1.54, 1.807) is 0 Å². The Morgan fingerprint density at radius 1 is 1.07 bits per heavy atom. The lowest BCUT2D eigenvalue weighted by Gasteiger charge is -2.39. The third kappa shape index (κ3) is 0.930. The van der Waals surface area contributed by atoms with Crippen LogP contribution in [0.5, 0.6) is 0 Å². The molecule has 0 aromatic rings. The van der Waals surface area contributed by atoms with Crippen molar-refractivity contribution in [1.29, 1.82) is 0 Å². The molecule has 3 aliphatic rings. The van der Waals surface area contributed by atoms with Crippen LogP contribution < -0.4 is 5.73 Å². The first kappa shape index (κ1) is 9.13. The summed E-state index contributed by atoms with van der Waals surface area (Å²) in [5.41, 5.74) is 6.35. The van der Waals surface area contributed by atoms with Crippen molar-refractivity contribution < 1.29 is 10.2 Å². The average molecular weight is 197 g/mol. The molecule has 0 saturated heterocycles. The third-order valence-corrected chi connectivity index (χ3v) is 5.08. The molecular weight excluding hydrogens is 178 g/mol. The Hall–Kier alpha value is -0.120. The number of aliphatic hydroxyl groups is 2. The van der Waals surface area contributed by atoms with E-state index in [0.717, 1.165) is 12.8 Å². The summed E-state index contributed by atoms with van der Waals surface area (Å²) in [5, 5.41) is 19.3. The minimum absolute atomic E-state index is 0.0851. The van der Waals surface area contributed by atoms with E-state index in [2.05, 4.69) is 0 Å². The Labute approximate surface area is 84.3 Å². The normalized spacial score (nSPS) is 61.5. The Morgan fingerprint density at radius 2 is 1.71 bits per heavy atom. The second-order valence-corrected chi connectivity index (χ2v) is 5.57. The van der Waals surface area contributed by atoms with Crippen molar-refractivity contribution in [3.63, 3.8) is 0 Å². The van der Waals surface area contributed by atoms with Crippen LogP contribution in [0.3, 0.4) is 0 Å². The third-order valence-electron chi connectivity index (χ3n) is 5.08. The van der Waals surface area contributed by atoms with Crippen molar-refractivity contribution in [1.82, 2.24) is 0 Å². The quantitative estimate of drug-likeness (QED) is 0.521. The standard InChI is InChI=1S/C11H19NO2/c12-10-6-1-2-7(3-6)11(10)4-8(13)9(14)5-11/h6-10,13-14H,1-5,12H2/t6?,7?,8-,9?,10+,11?/m0/s1. The van der Waals surface area contributed by atoms with Crippen LogP contribution >= 0.6 is 0 Å². The zero-order valence-corrected chi connectivity index (χ0v) is 8.39. The van der Waals surface area contributed by atoms with E-state index in [-0.39, 0.29) is 11.5 Å². The van der Waals surface area contributed by atoms with Crippen molar-refractivity contribution >= 4 is 0 Å². The van der Waals surface area contributed by atoms with Crippen molar-refractivity contribution in [3.05, 3.63) is 0 Å². The van der Waals surface area contributed by atoms with E-state index in [9.17, 15) is 10.2 Å². The van der Waals surface area contributed by atoms with E-state index in [4.69, 9.17) is 5.73 Å². The molecule has 3 rings (SSSR count). The number of fused-ring (bicyclic) bond motifs is 3. The number of nitrogens with two attached hydrogens (primary N) is 1. The summed E-state index contributed by atoms with van der Waals surface area (Å²) in [7, 11) is 0. The fourth-order valence-corrected chi connectivity index (χ4v) is 4.35. The monoisotopic (exact) mass is 197 g/mol. The number of aliphatic hydroxyl groups excluding tert-OH is 2. The number of hydrogen-bond acceptors (Lipinski definition) is 3. The fraction of sp³-hybridized carbons (Fsp3) is 1.00. The van der Waals surface area contributed by atoms with Crippen LogP contribution in [0.15, 0.2) is 0 Å². The Balaban J connectivity index is 1.91. The summed E-state index contributed by atoms with van der Waals surface area (Å²) in [6, 6.07) is 0.230. The van der Waals surface area contributed by atoms with Gasteiger partial charge < -0.3 is 15.9 Å². The smallest absolute Gasteiger partial charge is 0.0805 e. The molecule has 0 aromatic carbocycles. The second-order valence-electron chi connectivity index (χ2n) is 5.57. The molecule has 6 atom stereocenters. The van der Waals surface area contributed by atoms with Gasteiger partial charge in [-0.1, -0.05) is 0 Å². The lowest BCUT2D eigenvalue weighted by molar-refractivity contribution is 0.0438. The van der Waals surface area contributed by atoms with Crippen LogP contribution in [0.4, 0.5) is 0 Å².